The second kappa shape index (κ2) is 13.0. The topological polar surface area (TPSA) is 13.1 Å². The third-order valence-corrected chi connectivity index (χ3v) is 14.5. The van der Waals surface area contributed by atoms with Crippen molar-refractivity contribution >= 4 is 108 Å². The van der Waals surface area contributed by atoms with E-state index < -0.39 is 0 Å². The van der Waals surface area contributed by atoms with E-state index in [9.17, 15) is 0 Å². The molecule has 298 valence electrons. The van der Waals surface area contributed by atoms with Gasteiger partial charge in [-0.05, 0) is 155 Å². The average Bonchev–Trinajstić information content (AvgIpc) is 4.02. The number of furan rings is 1. The lowest BCUT2D eigenvalue weighted by atomic mass is 9.84. The molecular formula is C64H36O. The van der Waals surface area contributed by atoms with E-state index in [0.29, 0.717) is 0 Å². The van der Waals surface area contributed by atoms with Gasteiger partial charge in [0.25, 0.3) is 0 Å². The number of hydrogen-bond donors (Lipinski definition) is 0. The minimum Gasteiger partial charge on any atom is -0.456 e. The Balaban J connectivity index is 1.07. The Morgan fingerprint density at radius 1 is 0.200 bits per heavy atom. The molecule has 0 amide bonds. The molecule has 0 aliphatic carbocycles. The van der Waals surface area contributed by atoms with Crippen LogP contribution in [0.25, 0.3) is 153 Å². The van der Waals surface area contributed by atoms with Gasteiger partial charge in [-0.1, -0.05) is 194 Å². The van der Waals surface area contributed by atoms with Crippen molar-refractivity contribution in [3.8, 4) is 44.5 Å². The van der Waals surface area contributed by atoms with Crippen molar-refractivity contribution in [3.05, 3.63) is 218 Å². The molecule has 14 aromatic carbocycles. The van der Waals surface area contributed by atoms with Crippen LogP contribution in [0.1, 0.15) is 0 Å². The molecule has 1 aromatic heterocycles. The highest BCUT2D eigenvalue weighted by Gasteiger charge is 2.27. The van der Waals surface area contributed by atoms with E-state index in [1.54, 1.807) is 0 Å². The zero-order valence-electron chi connectivity index (χ0n) is 35.2. The van der Waals surface area contributed by atoms with Crippen molar-refractivity contribution < 1.29 is 4.42 Å². The van der Waals surface area contributed by atoms with Crippen molar-refractivity contribution in [3.63, 3.8) is 0 Å². The predicted molar refractivity (Wildman–Crippen MR) is 278 cm³/mol. The van der Waals surface area contributed by atoms with E-state index in [-0.39, 0.29) is 0 Å². The molecule has 0 saturated heterocycles. The number of rotatable bonds is 4. The summed E-state index contributed by atoms with van der Waals surface area (Å²) in [5.41, 5.74) is 11.8. The molecule has 0 atom stereocenters. The van der Waals surface area contributed by atoms with E-state index in [2.05, 4.69) is 212 Å². The van der Waals surface area contributed by atoms with Gasteiger partial charge in [-0.2, -0.15) is 0 Å². The summed E-state index contributed by atoms with van der Waals surface area (Å²) in [7, 11) is 0. The summed E-state index contributed by atoms with van der Waals surface area (Å²) in [4.78, 5) is 0. The average molecular weight is 821 g/mol. The molecule has 0 radical (unpaired) electrons. The van der Waals surface area contributed by atoms with E-state index in [0.717, 1.165) is 21.9 Å². The van der Waals surface area contributed by atoms with Crippen molar-refractivity contribution in [2.45, 2.75) is 0 Å². The van der Waals surface area contributed by atoms with E-state index in [1.165, 1.54) is 131 Å². The minimum absolute atomic E-state index is 0.912. The maximum atomic E-state index is 6.23. The Morgan fingerprint density at radius 3 is 1.46 bits per heavy atom. The Bertz CT molecular complexity index is 4440. The van der Waals surface area contributed by atoms with Gasteiger partial charge in [0.05, 0.1) is 0 Å². The predicted octanol–water partition coefficient (Wildman–Crippen LogP) is 18.4. The van der Waals surface area contributed by atoms with Gasteiger partial charge in [0.1, 0.15) is 11.2 Å². The molecule has 0 spiro atoms. The molecule has 1 heteroatoms. The monoisotopic (exact) mass is 820 g/mol. The van der Waals surface area contributed by atoms with Gasteiger partial charge in [-0.25, -0.2) is 0 Å². The molecular weight excluding hydrogens is 785 g/mol. The Hall–Kier alpha value is -8.52. The smallest absolute Gasteiger partial charge is 0.135 e. The molecule has 1 nitrogen and oxygen atoms in total. The first-order chi connectivity index (χ1) is 32.3. The van der Waals surface area contributed by atoms with Crippen LogP contribution in [0.4, 0.5) is 0 Å². The number of para-hydroxylation sites is 1. The highest BCUT2D eigenvalue weighted by Crippen LogP contribution is 2.55. The van der Waals surface area contributed by atoms with Crippen molar-refractivity contribution in [1.82, 2.24) is 0 Å². The van der Waals surface area contributed by atoms with Crippen LogP contribution in [0.5, 0.6) is 0 Å². The van der Waals surface area contributed by atoms with Crippen LogP contribution in [0.15, 0.2) is 223 Å². The molecule has 0 bridgehead atoms. The summed E-state index contributed by atoms with van der Waals surface area (Å²) >= 11 is 0. The van der Waals surface area contributed by atoms with Gasteiger partial charge in [0.15, 0.2) is 0 Å². The standard InChI is InChI=1S/C64H36O/c1-3-15-37(16-4-1)58-55-36-54-44-22-10-9-21-43(44)48-24-13-26-50(61(48)54)62(55)59(38-17-5-2-6-18-38)64-51-27-14-25-49-46(32-33-52(60(49)51)63(58)64)45-31-30-40(41-19-7-8-20-42(41)45)39-29-34-57-53(35-39)47-23-11-12-28-56(47)65-57/h1-36H. The molecule has 15 aromatic rings. The molecule has 15 rings (SSSR count). The Morgan fingerprint density at radius 2 is 0.692 bits per heavy atom. The molecule has 0 aliphatic rings. The van der Waals surface area contributed by atoms with Crippen molar-refractivity contribution in [2.24, 2.45) is 0 Å². The van der Waals surface area contributed by atoms with Crippen molar-refractivity contribution in [2.75, 3.05) is 0 Å². The SMILES string of the molecule is c1ccc(-c2c3cc4c5ccccc5c5cccc(c3c(-c3ccccc3)c3c6cccc7c(-c8ccc(-c9ccc%10oc%11ccccc%11c%10c9)c9ccccc89)ccc(c23)c76)c54)cc1. The maximum Gasteiger partial charge on any atom is 0.135 e. The highest BCUT2D eigenvalue weighted by molar-refractivity contribution is 6.45. The summed E-state index contributed by atoms with van der Waals surface area (Å²) < 4.78 is 6.23. The lowest BCUT2D eigenvalue weighted by Gasteiger charge is -2.19. The van der Waals surface area contributed by atoms with Crippen LogP contribution in [0.3, 0.4) is 0 Å². The quantitative estimate of drug-likeness (QED) is 0.161. The summed E-state index contributed by atoms with van der Waals surface area (Å²) in [5, 5.41) is 23.1. The normalized spacial score (nSPS) is 12.3. The second-order valence-corrected chi connectivity index (χ2v) is 17.8. The van der Waals surface area contributed by atoms with Gasteiger partial charge in [0, 0.05) is 10.8 Å². The number of hydrogen-bond acceptors (Lipinski definition) is 1. The molecule has 65 heavy (non-hydrogen) atoms. The zero-order chi connectivity index (χ0) is 42.3. The maximum absolute atomic E-state index is 6.23. The first-order valence-corrected chi connectivity index (χ1v) is 22.6. The fourth-order valence-corrected chi connectivity index (χ4v) is 11.9. The molecule has 0 fully saturated rings. The molecule has 0 N–H and O–H groups in total. The van der Waals surface area contributed by atoms with Gasteiger partial charge in [-0.3, -0.25) is 0 Å². The van der Waals surface area contributed by atoms with Crippen LogP contribution < -0.4 is 0 Å². The summed E-state index contributed by atoms with van der Waals surface area (Å²) in [5.74, 6) is 0. The lowest BCUT2D eigenvalue weighted by Crippen LogP contribution is -1.91. The van der Waals surface area contributed by atoms with Crippen LogP contribution in [0.2, 0.25) is 0 Å². The van der Waals surface area contributed by atoms with Gasteiger partial charge >= 0.3 is 0 Å². The number of benzene rings is 12. The largest absolute Gasteiger partial charge is 0.456 e. The first-order valence-electron chi connectivity index (χ1n) is 22.6. The fourth-order valence-electron chi connectivity index (χ4n) is 11.9. The third kappa shape index (κ3) is 4.71. The Kier molecular flexibility index (Phi) is 7.01. The van der Waals surface area contributed by atoms with E-state index in [4.69, 9.17) is 4.42 Å². The van der Waals surface area contributed by atoms with Crippen LogP contribution in [0, 0.1) is 0 Å². The highest BCUT2D eigenvalue weighted by atomic mass is 16.3. The molecule has 0 unspecified atom stereocenters. The summed E-state index contributed by atoms with van der Waals surface area (Å²) in [6, 6.07) is 81.1. The summed E-state index contributed by atoms with van der Waals surface area (Å²) in [6.07, 6.45) is 0. The zero-order valence-corrected chi connectivity index (χ0v) is 35.2. The Labute approximate surface area is 373 Å². The second-order valence-electron chi connectivity index (χ2n) is 17.8. The first kappa shape index (κ1) is 35.0. The van der Waals surface area contributed by atoms with Crippen LogP contribution in [-0.2, 0) is 0 Å². The van der Waals surface area contributed by atoms with Gasteiger partial charge in [-0.15, -0.1) is 0 Å². The van der Waals surface area contributed by atoms with Crippen LogP contribution in [-0.4, -0.2) is 0 Å². The van der Waals surface area contributed by atoms with Crippen molar-refractivity contribution in [1.29, 1.82) is 0 Å². The molecule has 1 heterocycles. The lowest BCUT2D eigenvalue weighted by molar-refractivity contribution is 0.669. The van der Waals surface area contributed by atoms with Crippen LogP contribution >= 0.6 is 0 Å². The molecule has 0 aliphatic heterocycles. The summed E-state index contributed by atoms with van der Waals surface area (Å²) in [6.45, 7) is 0. The third-order valence-electron chi connectivity index (χ3n) is 14.5. The van der Waals surface area contributed by atoms with Gasteiger partial charge in [0.2, 0.25) is 0 Å². The number of fused-ring (bicyclic) bond motifs is 12. The minimum atomic E-state index is 0.912. The van der Waals surface area contributed by atoms with E-state index >= 15 is 0 Å². The molecule has 0 saturated carbocycles. The van der Waals surface area contributed by atoms with E-state index in [1.807, 2.05) is 6.07 Å². The fraction of sp³-hybridized carbons (Fsp3) is 0. The van der Waals surface area contributed by atoms with Gasteiger partial charge < -0.3 is 4.42 Å².